The fourth-order valence-electron chi connectivity index (χ4n) is 2.26. The Morgan fingerprint density at radius 3 is 1.95 bits per heavy atom. The van der Waals surface area contributed by atoms with Crippen LogP contribution >= 0.6 is 0 Å². The van der Waals surface area contributed by atoms with Gasteiger partial charge in [-0.2, -0.15) is 0 Å². The van der Waals surface area contributed by atoms with E-state index in [1.54, 1.807) is 24.3 Å². The number of carbonyl (C=O) groups excluding carboxylic acids is 1. The van der Waals surface area contributed by atoms with E-state index in [1.807, 2.05) is 27.7 Å². The molecule has 0 saturated carbocycles. The Balaban J connectivity index is 2.97. The van der Waals surface area contributed by atoms with E-state index in [1.165, 1.54) is 0 Å². The molecule has 0 N–H and O–H groups in total. The number of sulfone groups is 1. The quantitative estimate of drug-likeness (QED) is 0.720. The molecule has 112 valence electrons. The topological polar surface area (TPSA) is 51.2 Å². The summed E-state index contributed by atoms with van der Waals surface area (Å²) in [5, 5.41) is 0. The van der Waals surface area contributed by atoms with Gasteiger partial charge in [0.25, 0.3) is 0 Å². The summed E-state index contributed by atoms with van der Waals surface area (Å²) in [6.07, 6.45) is 1.62. The van der Waals surface area contributed by atoms with E-state index < -0.39 is 9.84 Å². The van der Waals surface area contributed by atoms with Crippen LogP contribution in [0.5, 0.6) is 0 Å². The predicted octanol–water partition coefficient (Wildman–Crippen LogP) is 3.74. The van der Waals surface area contributed by atoms with Crippen LogP contribution in [0.2, 0.25) is 0 Å². The van der Waals surface area contributed by atoms with Crippen LogP contribution in [-0.4, -0.2) is 20.0 Å². The third kappa shape index (κ3) is 4.17. The predicted molar refractivity (Wildman–Crippen MR) is 81.7 cm³/mol. The molecule has 0 atom stereocenters. The summed E-state index contributed by atoms with van der Waals surface area (Å²) in [6, 6.07) is 6.36. The molecule has 0 fully saturated rings. The molecule has 0 unspecified atom stereocenters. The molecule has 20 heavy (non-hydrogen) atoms. The molecular formula is C16H24O3S. The van der Waals surface area contributed by atoms with E-state index in [0.29, 0.717) is 10.5 Å². The van der Waals surface area contributed by atoms with E-state index in [4.69, 9.17) is 0 Å². The van der Waals surface area contributed by atoms with Crippen LogP contribution in [0.1, 0.15) is 50.9 Å². The smallest absolute Gasteiger partial charge is 0.178 e. The van der Waals surface area contributed by atoms with Crippen LogP contribution in [0.25, 0.3) is 0 Å². The summed E-state index contributed by atoms with van der Waals surface area (Å²) >= 11 is 0. The monoisotopic (exact) mass is 296 g/mol. The number of ketones is 1. The summed E-state index contributed by atoms with van der Waals surface area (Å²) in [6.45, 7) is 7.74. The van der Waals surface area contributed by atoms with Crippen molar-refractivity contribution in [2.24, 2.45) is 11.8 Å². The molecule has 4 heteroatoms. The highest BCUT2D eigenvalue weighted by Crippen LogP contribution is 2.19. The van der Waals surface area contributed by atoms with E-state index in [2.05, 4.69) is 0 Å². The zero-order valence-corrected chi connectivity index (χ0v) is 13.5. The third-order valence-corrected chi connectivity index (χ3v) is 5.50. The molecule has 1 aromatic carbocycles. The number of rotatable bonds is 7. The first-order chi connectivity index (χ1) is 9.31. The van der Waals surface area contributed by atoms with E-state index in [-0.39, 0.29) is 23.4 Å². The van der Waals surface area contributed by atoms with Gasteiger partial charge in [0.2, 0.25) is 0 Å². The zero-order chi connectivity index (χ0) is 15.3. The van der Waals surface area contributed by atoms with Crippen molar-refractivity contribution in [3.05, 3.63) is 29.8 Å². The van der Waals surface area contributed by atoms with Crippen molar-refractivity contribution in [3.63, 3.8) is 0 Å². The van der Waals surface area contributed by atoms with Gasteiger partial charge < -0.3 is 0 Å². The van der Waals surface area contributed by atoms with Crippen LogP contribution in [-0.2, 0) is 9.84 Å². The van der Waals surface area contributed by atoms with Gasteiger partial charge in [-0.3, -0.25) is 4.79 Å². The molecule has 0 aromatic heterocycles. The fourth-order valence-corrected chi connectivity index (χ4v) is 3.88. The summed E-state index contributed by atoms with van der Waals surface area (Å²) in [5.41, 5.74) is 0.599. The zero-order valence-electron chi connectivity index (χ0n) is 12.7. The molecule has 0 aliphatic rings. The van der Waals surface area contributed by atoms with Crippen LogP contribution in [0, 0.1) is 11.8 Å². The average molecular weight is 296 g/mol. The first-order valence-electron chi connectivity index (χ1n) is 7.18. The first-order valence-corrected chi connectivity index (χ1v) is 8.84. The Labute approximate surface area is 122 Å². The lowest BCUT2D eigenvalue weighted by Crippen LogP contribution is -2.14. The highest BCUT2D eigenvalue weighted by molar-refractivity contribution is 7.91. The maximum absolute atomic E-state index is 12.2. The average Bonchev–Trinajstić information content (AvgIpc) is 2.38. The van der Waals surface area contributed by atoms with Crippen molar-refractivity contribution >= 4 is 15.6 Å². The summed E-state index contributed by atoms with van der Waals surface area (Å²) in [5.74, 6) is 0.342. The van der Waals surface area contributed by atoms with Crippen molar-refractivity contribution in [1.29, 1.82) is 0 Å². The maximum atomic E-state index is 12.2. The van der Waals surface area contributed by atoms with E-state index in [0.717, 1.165) is 12.8 Å². The van der Waals surface area contributed by atoms with Crippen LogP contribution in [0.4, 0.5) is 0 Å². The molecule has 3 nitrogen and oxygen atoms in total. The second-order valence-corrected chi connectivity index (χ2v) is 7.61. The maximum Gasteiger partial charge on any atom is 0.178 e. The molecule has 0 aliphatic carbocycles. The van der Waals surface area contributed by atoms with Gasteiger partial charge in [-0.1, -0.05) is 39.8 Å². The number of benzene rings is 1. The molecule has 0 radical (unpaired) electrons. The molecule has 1 aromatic rings. The fraction of sp³-hybridized carbons (Fsp3) is 0.562. The molecule has 1 rings (SSSR count). The van der Waals surface area contributed by atoms with Crippen molar-refractivity contribution in [3.8, 4) is 0 Å². The van der Waals surface area contributed by atoms with Gasteiger partial charge in [-0.15, -0.1) is 0 Å². The lowest BCUT2D eigenvalue weighted by molar-refractivity contribution is 0.0913. The van der Waals surface area contributed by atoms with Gasteiger partial charge in [-0.25, -0.2) is 8.42 Å². The minimum absolute atomic E-state index is 0.0214. The summed E-state index contributed by atoms with van der Waals surface area (Å²) in [4.78, 5) is 12.5. The lowest BCUT2D eigenvalue weighted by Gasteiger charge is -2.12. The molecule has 0 saturated heterocycles. The summed E-state index contributed by atoms with van der Waals surface area (Å²) < 4.78 is 24.2. The largest absolute Gasteiger partial charge is 0.294 e. The van der Waals surface area contributed by atoms with Gasteiger partial charge >= 0.3 is 0 Å². The van der Waals surface area contributed by atoms with Crippen LogP contribution in [0.15, 0.2) is 29.2 Å². The Hall–Kier alpha value is -1.16. The second kappa shape index (κ2) is 7.02. The number of hydrogen-bond donors (Lipinski definition) is 0. The molecule has 0 bridgehead atoms. The Morgan fingerprint density at radius 2 is 1.55 bits per heavy atom. The second-order valence-electron chi connectivity index (χ2n) is 5.58. The minimum atomic E-state index is -3.24. The number of Topliss-reactive ketones (excluding diaryl/α,β-unsaturated/α-hetero) is 1. The molecule has 0 amide bonds. The Bertz CT molecular complexity index is 538. The van der Waals surface area contributed by atoms with E-state index in [9.17, 15) is 13.2 Å². The minimum Gasteiger partial charge on any atom is -0.294 e. The lowest BCUT2D eigenvalue weighted by atomic mass is 9.93. The van der Waals surface area contributed by atoms with Crippen molar-refractivity contribution in [1.82, 2.24) is 0 Å². The van der Waals surface area contributed by atoms with Crippen molar-refractivity contribution in [2.75, 3.05) is 5.75 Å². The Kier molecular flexibility index (Phi) is 5.93. The van der Waals surface area contributed by atoms with Gasteiger partial charge in [-0.05, 0) is 30.9 Å². The highest BCUT2D eigenvalue weighted by atomic mass is 32.2. The normalized spacial score (nSPS) is 12.1. The van der Waals surface area contributed by atoms with Gasteiger partial charge in [0.15, 0.2) is 15.6 Å². The van der Waals surface area contributed by atoms with Crippen LogP contribution in [0.3, 0.4) is 0 Å². The standard InChI is InChI=1S/C16H24O3S/c1-5-13(6-2)16(17)14-7-9-15(10-8-14)20(18,19)11-12(3)4/h7-10,12-13H,5-6,11H2,1-4H3. The molecular weight excluding hydrogens is 272 g/mol. The molecule has 0 aliphatic heterocycles. The summed E-state index contributed by atoms with van der Waals surface area (Å²) in [7, 11) is -3.24. The van der Waals surface area contributed by atoms with Crippen molar-refractivity contribution < 1.29 is 13.2 Å². The SMILES string of the molecule is CCC(CC)C(=O)c1ccc(S(=O)(=O)CC(C)C)cc1. The highest BCUT2D eigenvalue weighted by Gasteiger charge is 2.19. The van der Waals surface area contributed by atoms with Gasteiger partial charge in [0.1, 0.15) is 0 Å². The van der Waals surface area contributed by atoms with Gasteiger partial charge in [0.05, 0.1) is 10.6 Å². The van der Waals surface area contributed by atoms with Crippen molar-refractivity contribution in [2.45, 2.75) is 45.4 Å². The van der Waals surface area contributed by atoms with Gasteiger partial charge in [0, 0.05) is 11.5 Å². The Morgan fingerprint density at radius 1 is 1.05 bits per heavy atom. The van der Waals surface area contributed by atoms with Crippen LogP contribution < -0.4 is 0 Å². The van der Waals surface area contributed by atoms with E-state index >= 15 is 0 Å². The molecule has 0 heterocycles. The molecule has 0 spiro atoms. The first kappa shape index (κ1) is 16.9. The number of carbonyl (C=O) groups is 1. The number of hydrogen-bond acceptors (Lipinski definition) is 3. The third-order valence-electron chi connectivity index (χ3n) is 3.41.